The van der Waals surface area contributed by atoms with E-state index in [0.717, 1.165) is 43.4 Å². The average molecular weight is 666 g/mol. The first kappa shape index (κ1) is 34.8. The summed E-state index contributed by atoms with van der Waals surface area (Å²) in [6, 6.07) is 4.88. The number of fused-ring (bicyclic) bond motifs is 2. The van der Waals surface area contributed by atoms with E-state index in [1.54, 1.807) is 20.8 Å². The monoisotopic (exact) mass is 665 g/mol. The Labute approximate surface area is 280 Å². The Morgan fingerprint density at radius 1 is 1.15 bits per heavy atom. The van der Waals surface area contributed by atoms with Gasteiger partial charge in [0.15, 0.2) is 0 Å². The van der Waals surface area contributed by atoms with Crippen LogP contribution in [0.5, 0.6) is 5.75 Å². The number of alkyl carbamates (subject to hydrolysis) is 1. The predicted molar refractivity (Wildman–Crippen MR) is 175 cm³/mol. The molecule has 3 heterocycles. The Bertz CT molecular complexity index is 1500. The van der Waals surface area contributed by atoms with Gasteiger partial charge in [0.25, 0.3) is 0 Å². The van der Waals surface area contributed by atoms with Gasteiger partial charge >= 0.3 is 12.1 Å². The van der Waals surface area contributed by atoms with E-state index in [9.17, 15) is 24.3 Å². The van der Waals surface area contributed by atoms with E-state index < -0.39 is 53.1 Å². The third kappa shape index (κ3) is 8.32. The normalized spacial score (nSPS) is 27.0. The lowest BCUT2D eigenvalue weighted by Crippen LogP contribution is -2.56. The van der Waals surface area contributed by atoms with E-state index in [2.05, 4.69) is 33.0 Å². The number of ether oxygens (including phenoxy) is 2. The van der Waals surface area contributed by atoms with Crippen molar-refractivity contribution in [1.29, 1.82) is 0 Å². The smallest absolute Gasteiger partial charge is 0.408 e. The van der Waals surface area contributed by atoms with E-state index in [4.69, 9.17) is 9.47 Å². The summed E-state index contributed by atoms with van der Waals surface area (Å²) in [5.41, 5.74) is -1.48. The molecule has 1 saturated carbocycles. The van der Waals surface area contributed by atoms with Gasteiger partial charge in [0.1, 0.15) is 29.0 Å². The molecule has 3 N–H and O–H groups in total. The van der Waals surface area contributed by atoms with E-state index in [1.165, 1.54) is 9.70 Å². The van der Waals surface area contributed by atoms with Crippen LogP contribution in [0.15, 0.2) is 36.4 Å². The van der Waals surface area contributed by atoms with Gasteiger partial charge in [0.05, 0.1) is 12.6 Å². The fourth-order valence-corrected chi connectivity index (χ4v) is 6.22. The number of nitrogens with zero attached hydrogens (tertiary/aromatic N) is 5. The van der Waals surface area contributed by atoms with E-state index >= 15 is 0 Å². The molecule has 0 bridgehead atoms. The number of aromatic nitrogens is 4. The van der Waals surface area contributed by atoms with Crippen molar-refractivity contribution in [3.8, 4) is 17.1 Å². The molecule has 1 saturated heterocycles. The zero-order valence-electron chi connectivity index (χ0n) is 28.2. The van der Waals surface area contributed by atoms with Crippen LogP contribution in [-0.2, 0) is 19.1 Å². The summed E-state index contributed by atoms with van der Waals surface area (Å²) in [7, 11) is 0. The number of tetrazole rings is 1. The molecule has 4 unspecified atom stereocenters. The first-order valence-electron chi connectivity index (χ1n) is 16.9. The number of unbranched alkanes of at least 4 members (excludes halogenated alkanes) is 1. The van der Waals surface area contributed by atoms with Crippen LogP contribution in [0.2, 0.25) is 0 Å². The topological polar surface area (TPSA) is 178 Å². The van der Waals surface area contributed by atoms with Crippen LogP contribution in [0.25, 0.3) is 11.4 Å². The largest absolute Gasteiger partial charge is 0.494 e. The summed E-state index contributed by atoms with van der Waals surface area (Å²) in [6.45, 7) is 8.01. The minimum absolute atomic E-state index is 0.0623. The predicted octanol–water partition coefficient (Wildman–Crippen LogP) is 4.03. The van der Waals surface area contributed by atoms with Gasteiger partial charge in [-0.15, -0.1) is 10.2 Å². The lowest BCUT2D eigenvalue weighted by molar-refractivity contribution is -0.145. The summed E-state index contributed by atoms with van der Waals surface area (Å²) >= 11 is 0. The molecule has 1 aromatic heterocycles. The number of carboxylic acid groups (broad SMARTS) is 1. The molecule has 1 aromatic carbocycles. The molecule has 5 atom stereocenters. The van der Waals surface area contributed by atoms with Gasteiger partial charge in [-0.05, 0) is 82.4 Å². The van der Waals surface area contributed by atoms with Crippen LogP contribution in [0.3, 0.4) is 0 Å². The van der Waals surface area contributed by atoms with Crippen molar-refractivity contribution < 1.29 is 33.8 Å². The molecule has 0 spiro atoms. The van der Waals surface area contributed by atoms with Crippen LogP contribution >= 0.6 is 0 Å². The van der Waals surface area contributed by atoms with Crippen molar-refractivity contribution in [2.45, 2.75) is 115 Å². The molecule has 3 aliphatic rings. The zero-order valence-corrected chi connectivity index (χ0v) is 28.2. The molecule has 14 heteroatoms. The number of amides is 3. The SMILES string of the molecule is CCCCOc1ccc(-c2nnn([C@@H]3CC4C(=O)NC5(C(=O)O)CC5/C=C\CCCCCC(NC(=O)OC(C)(C)C)C(=O)N4C3)n2)cc1. The number of aliphatic carboxylic acids is 1. The van der Waals surface area contributed by atoms with Crippen LogP contribution < -0.4 is 15.4 Å². The lowest BCUT2D eigenvalue weighted by Gasteiger charge is -2.30. The molecule has 3 amide bonds. The molecule has 260 valence electrons. The average Bonchev–Trinajstić information content (AvgIpc) is 3.34. The first-order valence-corrected chi connectivity index (χ1v) is 16.9. The van der Waals surface area contributed by atoms with Crippen LogP contribution in [0, 0.1) is 5.92 Å². The summed E-state index contributed by atoms with van der Waals surface area (Å²) < 4.78 is 11.2. The first-order chi connectivity index (χ1) is 22.9. The maximum Gasteiger partial charge on any atom is 0.408 e. The minimum Gasteiger partial charge on any atom is -0.494 e. The van der Waals surface area contributed by atoms with Gasteiger partial charge in [-0.2, -0.15) is 4.80 Å². The molecular weight excluding hydrogens is 618 g/mol. The van der Waals surface area contributed by atoms with E-state index in [-0.39, 0.29) is 25.3 Å². The van der Waals surface area contributed by atoms with Crippen LogP contribution in [0.4, 0.5) is 4.79 Å². The highest BCUT2D eigenvalue weighted by atomic mass is 16.6. The standard InChI is InChI=1S/C34H47N7O7/c1-5-6-18-47-25-16-14-22(15-17-25)28-37-39-41(38-28)24-19-27-29(42)36-34(31(44)45)20-23(34)12-10-8-7-9-11-13-26(30(43)40(27)21-24)35-32(46)48-33(2,3)4/h10,12,14-17,23-24,26-27H,5-9,11,13,18-21H2,1-4H3,(H,35,46)(H,36,42)(H,44,45)/b12-10-/t23?,24-,26?,27?,34?/m1/s1. The molecule has 2 aromatic rings. The number of carboxylic acids is 1. The molecule has 1 aliphatic carbocycles. The van der Waals surface area contributed by atoms with Crippen molar-refractivity contribution in [2.75, 3.05) is 13.2 Å². The number of benzene rings is 1. The zero-order chi connectivity index (χ0) is 34.5. The van der Waals surface area contributed by atoms with Crippen molar-refractivity contribution in [2.24, 2.45) is 5.92 Å². The van der Waals surface area contributed by atoms with Gasteiger partial charge in [0, 0.05) is 24.4 Å². The second kappa shape index (κ2) is 14.7. The van der Waals surface area contributed by atoms with Gasteiger partial charge in [-0.25, -0.2) is 9.59 Å². The maximum absolute atomic E-state index is 14.2. The number of nitrogens with one attached hydrogen (secondary N) is 2. The van der Waals surface area contributed by atoms with Gasteiger partial charge < -0.3 is 30.1 Å². The molecule has 14 nitrogen and oxygen atoms in total. The molecule has 2 aliphatic heterocycles. The summed E-state index contributed by atoms with van der Waals surface area (Å²) in [4.78, 5) is 56.1. The fourth-order valence-electron chi connectivity index (χ4n) is 6.22. The maximum atomic E-state index is 14.2. The van der Waals surface area contributed by atoms with Crippen molar-refractivity contribution >= 4 is 23.9 Å². The Balaban J connectivity index is 1.40. The highest BCUT2D eigenvalue weighted by molar-refractivity contribution is 5.96. The van der Waals surface area contributed by atoms with Crippen LogP contribution in [0.1, 0.15) is 91.5 Å². The van der Waals surface area contributed by atoms with Crippen molar-refractivity contribution in [3.05, 3.63) is 36.4 Å². The Hall–Kier alpha value is -4.49. The number of hydrogen-bond acceptors (Lipinski definition) is 9. The Morgan fingerprint density at radius 3 is 2.62 bits per heavy atom. The second-order valence-corrected chi connectivity index (χ2v) is 13.9. The van der Waals surface area contributed by atoms with E-state index in [0.29, 0.717) is 25.3 Å². The van der Waals surface area contributed by atoms with Gasteiger partial charge in [-0.1, -0.05) is 38.3 Å². The summed E-state index contributed by atoms with van der Waals surface area (Å²) in [6.07, 6.45) is 8.91. The lowest BCUT2D eigenvalue weighted by atomic mass is 10.0. The number of rotatable bonds is 8. The van der Waals surface area contributed by atoms with Gasteiger partial charge in [-0.3, -0.25) is 9.59 Å². The minimum atomic E-state index is -1.43. The third-order valence-electron chi connectivity index (χ3n) is 8.96. The van der Waals surface area contributed by atoms with Gasteiger partial charge in [0.2, 0.25) is 17.6 Å². The Kier molecular flexibility index (Phi) is 10.7. The van der Waals surface area contributed by atoms with Crippen molar-refractivity contribution in [1.82, 2.24) is 35.7 Å². The third-order valence-corrected chi connectivity index (χ3v) is 8.96. The highest BCUT2D eigenvalue weighted by Gasteiger charge is 2.61. The van der Waals surface area contributed by atoms with Crippen molar-refractivity contribution in [3.63, 3.8) is 0 Å². The Morgan fingerprint density at radius 2 is 1.92 bits per heavy atom. The number of allylic oxidation sites excluding steroid dienone is 1. The van der Waals surface area contributed by atoms with Crippen LogP contribution in [-0.4, -0.2) is 90.5 Å². The summed E-state index contributed by atoms with van der Waals surface area (Å²) in [5.74, 6) is -1.36. The molecule has 5 rings (SSSR count). The number of hydrogen-bond donors (Lipinski definition) is 3. The number of carbonyl (C=O) groups is 4. The fraction of sp³-hybridized carbons (Fsp3) is 0.618. The molecule has 0 radical (unpaired) electrons. The highest BCUT2D eigenvalue weighted by Crippen LogP contribution is 2.45. The second-order valence-electron chi connectivity index (χ2n) is 13.9. The molecule has 48 heavy (non-hydrogen) atoms. The number of carbonyl (C=O) groups excluding carboxylic acids is 3. The van der Waals surface area contributed by atoms with E-state index in [1.807, 2.05) is 36.4 Å². The molecular formula is C34H47N7O7. The quantitative estimate of drug-likeness (QED) is 0.275. The molecule has 2 fully saturated rings. The summed E-state index contributed by atoms with van der Waals surface area (Å²) in [5, 5.41) is 28.7.